The smallest absolute Gasteiger partial charge is 0.242 e. The molecule has 7 heteroatoms. The lowest BCUT2D eigenvalue weighted by Gasteiger charge is -2.07. The van der Waals surface area contributed by atoms with E-state index in [2.05, 4.69) is 15.7 Å². The monoisotopic (exact) mass is 286 g/mol. The molecule has 0 aliphatic carbocycles. The van der Waals surface area contributed by atoms with Crippen LogP contribution in [0.3, 0.4) is 0 Å². The van der Waals surface area contributed by atoms with Crippen LogP contribution in [0.5, 0.6) is 0 Å². The lowest BCUT2D eigenvalue weighted by atomic mass is 10.4. The Kier molecular flexibility index (Phi) is 5.82. The molecule has 0 saturated carbocycles. The molecule has 1 heterocycles. The molecule has 0 saturated heterocycles. The van der Waals surface area contributed by atoms with Gasteiger partial charge >= 0.3 is 0 Å². The summed E-state index contributed by atoms with van der Waals surface area (Å²) in [5.74, 6) is -0.462. The van der Waals surface area contributed by atoms with Gasteiger partial charge in [-0.25, -0.2) is 0 Å². The van der Waals surface area contributed by atoms with Crippen LogP contribution in [0.4, 0.5) is 0 Å². The van der Waals surface area contributed by atoms with Crippen molar-refractivity contribution in [1.29, 1.82) is 0 Å². The molecule has 0 radical (unpaired) electrons. The standard InChI is InChI=1S/C12H19ClN4O2/c1-4-5-14-10(18)6-15-11(19)7-17-9(3)12(13)8(2)16-17/h4-7H2,1-3H3,(H,14,18)(H,15,19). The van der Waals surface area contributed by atoms with Crippen molar-refractivity contribution in [2.75, 3.05) is 13.1 Å². The lowest BCUT2D eigenvalue weighted by molar-refractivity contribution is -0.126. The average molecular weight is 287 g/mol. The van der Waals surface area contributed by atoms with E-state index in [4.69, 9.17) is 11.6 Å². The SMILES string of the molecule is CCCNC(=O)CNC(=O)Cn1nc(C)c(Cl)c1C. The number of aromatic nitrogens is 2. The third-order valence-electron chi connectivity index (χ3n) is 2.60. The van der Waals surface area contributed by atoms with Crippen LogP contribution >= 0.6 is 11.6 Å². The Bertz CT molecular complexity index is 471. The molecule has 0 spiro atoms. The number of nitrogens with zero attached hydrogens (tertiary/aromatic N) is 2. The molecule has 0 fully saturated rings. The fraction of sp³-hybridized carbons (Fsp3) is 0.583. The maximum Gasteiger partial charge on any atom is 0.242 e. The van der Waals surface area contributed by atoms with E-state index in [1.165, 1.54) is 4.68 Å². The Balaban J connectivity index is 2.43. The van der Waals surface area contributed by atoms with E-state index < -0.39 is 0 Å². The fourth-order valence-corrected chi connectivity index (χ4v) is 1.66. The maximum absolute atomic E-state index is 11.7. The van der Waals surface area contributed by atoms with Crippen molar-refractivity contribution >= 4 is 23.4 Å². The second kappa shape index (κ2) is 7.13. The van der Waals surface area contributed by atoms with E-state index in [-0.39, 0.29) is 24.9 Å². The van der Waals surface area contributed by atoms with Gasteiger partial charge in [-0.1, -0.05) is 18.5 Å². The third-order valence-corrected chi connectivity index (χ3v) is 3.15. The Hall–Kier alpha value is -1.56. The van der Waals surface area contributed by atoms with Gasteiger partial charge in [0.05, 0.1) is 23.0 Å². The zero-order valence-electron chi connectivity index (χ0n) is 11.4. The quantitative estimate of drug-likeness (QED) is 0.812. The predicted octanol–water partition coefficient (Wildman–Crippen LogP) is 0.796. The van der Waals surface area contributed by atoms with Gasteiger partial charge in [-0.15, -0.1) is 0 Å². The molecule has 19 heavy (non-hydrogen) atoms. The first-order chi connectivity index (χ1) is 8.95. The van der Waals surface area contributed by atoms with Crippen LogP contribution in [-0.4, -0.2) is 34.7 Å². The molecule has 6 nitrogen and oxygen atoms in total. The summed E-state index contributed by atoms with van der Waals surface area (Å²) in [6.45, 7) is 6.19. The van der Waals surface area contributed by atoms with Crippen LogP contribution in [0.1, 0.15) is 24.7 Å². The largest absolute Gasteiger partial charge is 0.355 e. The van der Waals surface area contributed by atoms with Crippen LogP contribution in [0.15, 0.2) is 0 Å². The number of aryl methyl sites for hydroxylation is 1. The first kappa shape index (κ1) is 15.5. The molecule has 106 valence electrons. The first-order valence-corrected chi connectivity index (χ1v) is 6.56. The van der Waals surface area contributed by atoms with Gasteiger partial charge in [-0.2, -0.15) is 5.10 Å². The number of carbonyl (C=O) groups is 2. The number of amides is 2. The summed E-state index contributed by atoms with van der Waals surface area (Å²) in [6, 6.07) is 0. The van der Waals surface area contributed by atoms with Crippen molar-refractivity contribution in [3.8, 4) is 0 Å². The van der Waals surface area contributed by atoms with Gasteiger partial charge in [0.1, 0.15) is 6.54 Å². The summed E-state index contributed by atoms with van der Waals surface area (Å²) in [4.78, 5) is 23.0. The third kappa shape index (κ3) is 4.55. The molecule has 1 rings (SSSR count). The van der Waals surface area contributed by atoms with E-state index in [0.29, 0.717) is 17.3 Å². The van der Waals surface area contributed by atoms with E-state index in [0.717, 1.165) is 12.1 Å². The number of nitrogens with one attached hydrogen (secondary N) is 2. The van der Waals surface area contributed by atoms with Crippen molar-refractivity contribution in [1.82, 2.24) is 20.4 Å². The van der Waals surface area contributed by atoms with Gasteiger partial charge in [-0.3, -0.25) is 14.3 Å². The summed E-state index contributed by atoms with van der Waals surface area (Å²) in [5, 5.41) is 9.93. The first-order valence-electron chi connectivity index (χ1n) is 6.18. The van der Waals surface area contributed by atoms with Crippen LogP contribution < -0.4 is 10.6 Å². The number of carbonyl (C=O) groups excluding carboxylic acids is 2. The van der Waals surface area contributed by atoms with E-state index in [9.17, 15) is 9.59 Å². The summed E-state index contributed by atoms with van der Waals surface area (Å²) in [5.41, 5.74) is 1.43. The van der Waals surface area contributed by atoms with E-state index in [1.807, 2.05) is 6.92 Å². The van der Waals surface area contributed by atoms with Crippen molar-refractivity contribution in [2.24, 2.45) is 0 Å². The van der Waals surface area contributed by atoms with Crippen LogP contribution in [0, 0.1) is 13.8 Å². The zero-order chi connectivity index (χ0) is 14.4. The molecule has 0 unspecified atom stereocenters. The summed E-state index contributed by atoms with van der Waals surface area (Å²) in [7, 11) is 0. The molecule has 1 aromatic heterocycles. The Morgan fingerprint density at radius 3 is 2.47 bits per heavy atom. The molecule has 0 atom stereocenters. The van der Waals surface area contributed by atoms with Gasteiger partial charge in [0.25, 0.3) is 0 Å². The summed E-state index contributed by atoms with van der Waals surface area (Å²) in [6.07, 6.45) is 0.865. The van der Waals surface area contributed by atoms with Crippen molar-refractivity contribution in [3.63, 3.8) is 0 Å². The minimum Gasteiger partial charge on any atom is -0.355 e. The molecule has 0 aromatic carbocycles. The Morgan fingerprint density at radius 1 is 1.26 bits per heavy atom. The zero-order valence-corrected chi connectivity index (χ0v) is 12.2. The second-order valence-corrected chi connectivity index (χ2v) is 4.65. The molecule has 2 amide bonds. The Labute approximate surface area is 117 Å². The van der Waals surface area contributed by atoms with Crippen LogP contribution in [-0.2, 0) is 16.1 Å². The highest BCUT2D eigenvalue weighted by Gasteiger charge is 2.12. The maximum atomic E-state index is 11.7. The Morgan fingerprint density at radius 2 is 1.95 bits per heavy atom. The molecule has 0 aliphatic rings. The second-order valence-electron chi connectivity index (χ2n) is 4.27. The van der Waals surface area contributed by atoms with Crippen LogP contribution in [0.2, 0.25) is 5.02 Å². The number of halogens is 1. The van der Waals surface area contributed by atoms with E-state index >= 15 is 0 Å². The number of hydrogen-bond acceptors (Lipinski definition) is 3. The normalized spacial score (nSPS) is 10.3. The number of hydrogen-bond donors (Lipinski definition) is 2. The predicted molar refractivity (Wildman–Crippen MR) is 73.0 cm³/mol. The molecule has 2 N–H and O–H groups in total. The van der Waals surface area contributed by atoms with E-state index in [1.54, 1.807) is 13.8 Å². The van der Waals surface area contributed by atoms with Gasteiger partial charge < -0.3 is 10.6 Å². The number of rotatable bonds is 6. The minimum atomic E-state index is -0.270. The van der Waals surface area contributed by atoms with Crippen LogP contribution in [0.25, 0.3) is 0 Å². The van der Waals surface area contributed by atoms with Crippen molar-refractivity contribution < 1.29 is 9.59 Å². The molecule has 1 aromatic rings. The molecular formula is C12H19ClN4O2. The van der Waals surface area contributed by atoms with Gasteiger partial charge in [0.15, 0.2) is 0 Å². The lowest BCUT2D eigenvalue weighted by Crippen LogP contribution is -2.38. The average Bonchev–Trinajstić information content (AvgIpc) is 2.61. The van der Waals surface area contributed by atoms with Crippen molar-refractivity contribution in [3.05, 3.63) is 16.4 Å². The highest BCUT2D eigenvalue weighted by Crippen LogP contribution is 2.18. The topological polar surface area (TPSA) is 76.0 Å². The minimum absolute atomic E-state index is 0.0220. The molecule has 0 aliphatic heterocycles. The van der Waals surface area contributed by atoms with Gasteiger partial charge in [0, 0.05) is 6.54 Å². The highest BCUT2D eigenvalue weighted by atomic mass is 35.5. The molecule has 0 bridgehead atoms. The molecular weight excluding hydrogens is 268 g/mol. The van der Waals surface area contributed by atoms with Gasteiger partial charge in [0.2, 0.25) is 11.8 Å². The van der Waals surface area contributed by atoms with Gasteiger partial charge in [-0.05, 0) is 20.3 Å². The van der Waals surface area contributed by atoms with Crippen molar-refractivity contribution in [2.45, 2.75) is 33.7 Å². The fourth-order valence-electron chi connectivity index (χ4n) is 1.53. The summed E-state index contributed by atoms with van der Waals surface area (Å²) < 4.78 is 1.52. The summed E-state index contributed by atoms with van der Waals surface area (Å²) >= 11 is 5.99. The highest BCUT2D eigenvalue weighted by molar-refractivity contribution is 6.31.